The molecule has 0 aromatic heterocycles. The number of carbonyl (C=O) groups excluding carboxylic acids is 3. The second-order valence-electron chi connectivity index (χ2n) is 17.2. The third-order valence-electron chi connectivity index (χ3n) is 10.9. The molecule has 2 unspecified atom stereocenters. The normalized spacial score (nSPS) is 23.8. The minimum atomic E-state index is -1.65. The summed E-state index contributed by atoms with van der Waals surface area (Å²) < 4.78 is 71.3. The number of halogens is 3. The first-order valence-electron chi connectivity index (χ1n) is 18.3. The van der Waals surface area contributed by atoms with Crippen LogP contribution in [0.2, 0.25) is 5.02 Å². The zero-order chi connectivity index (χ0) is 41.0. The summed E-state index contributed by atoms with van der Waals surface area (Å²) in [5.74, 6) is -4.64. The van der Waals surface area contributed by atoms with Crippen LogP contribution >= 0.6 is 11.6 Å². The van der Waals surface area contributed by atoms with Gasteiger partial charge in [0.25, 0.3) is 0 Å². The molecule has 12 nitrogen and oxygen atoms in total. The van der Waals surface area contributed by atoms with E-state index in [-0.39, 0.29) is 51.7 Å². The van der Waals surface area contributed by atoms with Crippen molar-refractivity contribution < 1.29 is 56.2 Å². The Morgan fingerprint density at radius 1 is 0.909 bits per heavy atom. The fourth-order valence-electron chi connectivity index (χ4n) is 8.20. The average Bonchev–Trinajstić information content (AvgIpc) is 3.43. The van der Waals surface area contributed by atoms with E-state index in [2.05, 4.69) is 24.5 Å². The maximum Gasteiger partial charge on any atom is 0.482 e. The van der Waals surface area contributed by atoms with Crippen molar-refractivity contribution in [3.63, 3.8) is 0 Å². The first kappa shape index (κ1) is 42.3. The van der Waals surface area contributed by atoms with E-state index in [1.807, 2.05) is 6.92 Å². The summed E-state index contributed by atoms with van der Waals surface area (Å²) in [6.07, 6.45) is 0.299. The molecule has 302 valence electrons. The van der Waals surface area contributed by atoms with Crippen molar-refractivity contribution in [2.45, 2.75) is 116 Å². The van der Waals surface area contributed by atoms with E-state index in [1.165, 1.54) is 27.4 Å². The van der Waals surface area contributed by atoms with Gasteiger partial charge in [-0.2, -0.15) is 0 Å². The molecule has 4 fully saturated rings. The van der Waals surface area contributed by atoms with Gasteiger partial charge in [-0.25, -0.2) is 18.4 Å². The van der Waals surface area contributed by atoms with Gasteiger partial charge in [0.15, 0.2) is 17.3 Å². The Kier molecular flexibility index (Phi) is 11.7. The van der Waals surface area contributed by atoms with Gasteiger partial charge in [0.1, 0.15) is 34.4 Å². The van der Waals surface area contributed by atoms with Gasteiger partial charge < -0.3 is 43.6 Å². The molecule has 6 atom stereocenters. The van der Waals surface area contributed by atoms with Crippen molar-refractivity contribution in [2.75, 3.05) is 21.3 Å². The zero-order valence-corrected chi connectivity index (χ0v) is 34.3. The summed E-state index contributed by atoms with van der Waals surface area (Å²) in [6.45, 7) is 16.3. The number of hydrogen-bond acceptors (Lipinski definition) is 10. The van der Waals surface area contributed by atoms with Crippen LogP contribution in [0, 0.1) is 28.9 Å². The summed E-state index contributed by atoms with van der Waals surface area (Å²) >= 11 is 6.72. The molecule has 2 aromatic carbocycles. The molecular formula is C39H52BClF2N2O10. The van der Waals surface area contributed by atoms with Crippen LogP contribution in [0.1, 0.15) is 103 Å². The molecule has 16 heteroatoms. The van der Waals surface area contributed by atoms with E-state index < -0.39 is 71.1 Å². The van der Waals surface area contributed by atoms with E-state index >= 15 is 8.78 Å². The quantitative estimate of drug-likeness (QED) is 0.178. The molecule has 1 saturated heterocycles. The van der Waals surface area contributed by atoms with E-state index in [0.717, 1.165) is 25.0 Å². The van der Waals surface area contributed by atoms with Crippen LogP contribution in [0.5, 0.6) is 17.2 Å². The van der Waals surface area contributed by atoms with Crippen LogP contribution in [-0.4, -0.2) is 75.3 Å². The third kappa shape index (κ3) is 8.34. The van der Waals surface area contributed by atoms with E-state index in [9.17, 15) is 14.4 Å². The Hall–Kier alpha value is -3.82. The van der Waals surface area contributed by atoms with Gasteiger partial charge in [-0.3, -0.25) is 4.79 Å². The zero-order valence-electron chi connectivity index (χ0n) is 33.5. The summed E-state index contributed by atoms with van der Waals surface area (Å²) in [5.41, 5.74) is -2.87. The number of alkyl carbamates (subject to hydrolysis) is 1. The Morgan fingerprint density at radius 3 is 2.09 bits per heavy atom. The third-order valence-corrected chi connectivity index (χ3v) is 11.3. The second-order valence-corrected chi connectivity index (χ2v) is 17.6. The van der Waals surface area contributed by atoms with Gasteiger partial charge >= 0.3 is 19.2 Å². The first-order chi connectivity index (χ1) is 25.4. The van der Waals surface area contributed by atoms with Crippen LogP contribution in [-0.2, 0) is 30.0 Å². The SMILES string of the molecule is COc1c(F)cc(C(NC(=O)OC(C)(C)C)C(=O)NC(Cc2ccc(F)c(C(=O)OC(C)(C)C)c2OC)B2O[C@@H]3C[C@@H]4C[C@@H](C4(C)C)[C@]3(C)O2)c(Cl)c1OC. The van der Waals surface area contributed by atoms with Crippen LogP contribution in [0.4, 0.5) is 13.6 Å². The average molecular weight is 793 g/mol. The fourth-order valence-corrected chi connectivity index (χ4v) is 8.53. The van der Waals surface area contributed by atoms with Crippen molar-refractivity contribution in [2.24, 2.45) is 17.3 Å². The number of benzene rings is 2. The number of methoxy groups -OCH3 is 3. The Labute approximate surface area is 326 Å². The number of amides is 2. The van der Waals surface area contributed by atoms with Gasteiger partial charge in [-0.15, -0.1) is 0 Å². The maximum absolute atomic E-state index is 15.5. The largest absolute Gasteiger partial charge is 0.495 e. The lowest BCUT2D eigenvalue weighted by Crippen LogP contribution is -2.65. The Morgan fingerprint density at radius 2 is 1.53 bits per heavy atom. The highest BCUT2D eigenvalue weighted by Gasteiger charge is 2.68. The van der Waals surface area contributed by atoms with E-state index in [1.54, 1.807) is 41.5 Å². The minimum Gasteiger partial charge on any atom is -0.495 e. The Bertz CT molecular complexity index is 1830. The van der Waals surface area contributed by atoms with Crippen molar-refractivity contribution in [1.82, 2.24) is 10.6 Å². The van der Waals surface area contributed by atoms with E-state index in [4.69, 9.17) is 44.6 Å². The van der Waals surface area contributed by atoms with Gasteiger partial charge in [-0.1, -0.05) is 31.5 Å². The minimum absolute atomic E-state index is 0.00140. The molecule has 3 aliphatic carbocycles. The van der Waals surface area contributed by atoms with Gasteiger partial charge in [-0.05, 0) is 103 Å². The van der Waals surface area contributed by atoms with Crippen LogP contribution in [0.15, 0.2) is 18.2 Å². The lowest BCUT2D eigenvalue weighted by Gasteiger charge is -2.64. The molecule has 4 aliphatic rings. The number of carbonyl (C=O) groups is 3. The molecule has 3 saturated carbocycles. The van der Waals surface area contributed by atoms with Gasteiger partial charge in [0, 0.05) is 5.56 Å². The van der Waals surface area contributed by atoms with Crippen molar-refractivity contribution >= 4 is 36.7 Å². The predicted molar refractivity (Wildman–Crippen MR) is 200 cm³/mol. The number of rotatable bonds is 11. The highest BCUT2D eigenvalue weighted by Crippen LogP contribution is 2.65. The molecule has 0 radical (unpaired) electrons. The molecule has 1 aliphatic heterocycles. The molecule has 0 spiro atoms. The van der Waals surface area contributed by atoms with Crippen molar-refractivity contribution in [3.05, 3.63) is 51.5 Å². The summed E-state index contributed by atoms with van der Waals surface area (Å²) in [5, 5.41) is 5.26. The number of nitrogens with one attached hydrogen (secondary N) is 2. The molecule has 2 N–H and O–H groups in total. The number of hydrogen-bond donors (Lipinski definition) is 2. The summed E-state index contributed by atoms with van der Waals surface area (Å²) in [4.78, 5) is 41.1. The lowest BCUT2D eigenvalue weighted by molar-refractivity contribution is -0.199. The van der Waals surface area contributed by atoms with Crippen molar-refractivity contribution in [3.8, 4) is 17.2 Å². The van der Waals surface area contributed by atoms with E-state index in [0.29, 0.717) is 11.5 Å². The molecule has 1 heterocycles. The number of esters is 1. The molecule has 2 bridgehead atoms. The van der Waals surface area contributed by atoms with Crippen LogP contribution in [0.3, 0.4) is 0 Å². The second kappa shape index (κ2) is 15.3. The molecule has 2 amide bonds. The molecule has 2 aromatic rings. The predicted octanol–water partition coefficient (Wildman–Crippen LogP) is 7.16. The standard InChI is InChI=1S/C39H52BClF2N2O10/c1-36(2,3)52-34(47)27-22(42)14-13-19(30(27)49-10)15-26(40-54-25-17-20-16-24(38(20,7)8)39(25,9)55-40)44-33(46)29(45-35(48)53-37(4,5)6)21-18-23(43)31(50-11)32(51-12)28(21)41/h13-14,18,20,24-26,29H,15-17H2,1-12H3,(H,44,46)(H,45,48)/t20-,24-,25+,26?,29?,39-/m0/s1. The monoisotopic (exact) mass is 792 g/mol. The summed E-state index contributed by atoms with van der Waals surface area (Å²) in [6, 6.07) is 1.85. The highest BCUT2D eigenvalue weighted by atomic mass is 35.5. The van der Waals surface area contributed by atoms with Crippen molar-refractivity contribution in [1.29, 1.82) is 0 Å². The van der Waals surface area contributed by atoms with Gasteiger partial charge in [0.05, 0.1) is 44.0 Å². The first-order valence-corrected chi connectivity index (χ1v) is 18.6. The summed E-state index contributed by atoms with van der Waals surface area (Å²) in [7, 11) is 2.71. The Balaban J connectivity index is 1.59. The fraction of sp³-hybridized carbons (Fsp3) is 0.615. The molecular weight excluding hydrogens is 741 g/mol. The topological polar surface area (TPSA) is 140 Å². The van der Waals surface area contributed by atoms with Gasteiger partial charge in [0.2, 0.25) is 5.91 Å². The van der Waals surface area contributed by atoms with Crippen LogP contribution in [0.25, 0.3) is 0 Å². The van der Waals surface area contributed by atoms with Crippen LogP contribution < -0.4 is 24.8 Å². The number of ether oxygens (including phenoxy) is 5. The highest BCUT2D eigenvalue weighted by molar-refractivity contribution is 6.48. The lowest BCUT2D eigenvalue weighted by atomic mass is 9.43. The smallest absolute Gasteiger partial charge is 0.482 e. The maximum atomic E-state index is 15.5. The molecule has 6 rings (SSSR count). The molecule has 55 heavy (non-hydrogen) atoms.